The van der Waals surface area contributed by atoms with Gasteiger partial charge in [0.15, 0.2) is 0 Å². The number of benzene rings is 1. The first-order chi connectivity index (χ1) is 9.10. The SMILES string of the molecule is C=CCOC(=O)Oc1ccc2c(C)cc(=O)oc2c1. The predicted octanol–water partition coefficient (Wildman–Crippen LogP) is 2.80. The number of carbonyl (C=O) groups excluding carboxylic acids is 1. The van der Waals surface area contributed by atoms with Crippen molar-refractivity contribution in [1.82, 2.24) is 0 Å². The van der Waals surface area contributed by atoms with Gasteiger partial charge in [0.1, 0.15) is 17.9 Å². The molecule has 5 nitrogen and oxygen atoms in total. The van der Waals surface area contributed by atoms with Crippen LogP contribution in [0.4, 0.5) is 4.79 Å². The predicted molar refractivity (Wildman–Crippen MR) is 69.4 cm³/mol. The molecule has 0 saturated heterocycles. The van der Waals surface area contributed by atoms with Crippen molar-refractivity contribution in [3.05, 3.63) is 52.9 Å². The number of rotatable bonds is 3. The van der Waals surface area contributed by atoms with Crippen LogP contribution in [0.15, 0.2) is 46.1 Å². The number of aryl methyl sites for hydroxylation is 1. The molecule has 0 atom stereocenters. The van der Waals surface area contributed by atoms with Gasteiger partial charge in [0, 0.05) is 17.5 Å². The smallest absolute Gasteiger partial charge is 0.430 e. The Morgan fingerprint density at radius 3 is 2.95 bits per heavy atom. The summed E-state index contributed by atoms with van der Waals surface area (Å²) in [6, 6.07) is 6.19. The fraction of sp³-hybridized carbons (Fsp3) is 0.143. The zero-order valence-electron chi connectivity index (χ0n) is 10.3. The number of hydrogen-bond donors (Lipinski definition) is 0. The van der Waals surface area contributed by atoms with Crippen LogP contribution in [-0.2, 0) is 4.74 Å². The summed E-state index contributed by atoms with van der Waals surface area (Å²) in [7, 11) is 0. The zero-order valence-corrected chi connectivity index (χ0v) is 10.3. The highest BCUT2D eigenvalue weighted by atomic mass is 16.7. The Balaban J connectivity index is 2.29. The molecule has 0 radical (unpaired) electrons. The van der Waals surface area contributed by atoms with E-state index in [1.807, 2.05) is 0 Å². The van der Waals surface area contributed by atoms with Crippen molar-refractivity contribution >= 4 is 17.1 Å². The van der Waals surface area contributed by atoms with Crippen LogP contribution in [0.2, 0.25) is 0 Å². The van der Waals surface area contributed by atoms with E-state index >= 15 is 0 Å². The Hall–Kier alpha value is -2.56. The average molecular weight is 260 g/mol. The third-order valence-electron chi connectivity index (χ3n) is 2.44. The van der Waals surface area contributed by atoms with Gasteiger partial charge in [0.05, 0.1) is 0 Å². The van der Waals surface area contributed by atoms with E-state index in [-0.39, 0.29) is 12.4 Å². The Kier molecular flexibility index (Phi) is 3.66. The van der Waals surface area contributed by atoms with Gasteiger partial charge in [-0.2, -0.15) is 0 Å². The Labute approximate surface area is 109 Å². The summed E-state index contributed by atoms with van der Waals surface area (Å²) in [5.41, 5.74) is 0.711. The third-order valence-corrected chi connectivity index (χ3v) is 2.44. The second-order valence-electron chi connectivity index (χ2n) is 3.86. The van der Waals surface area contributed by atoms with E-state index in [9.17, 15) is 9.59 Å². The quantitative estimate of drug-likeness (QED) is 0.367. The summed E-state index contributed by atoms with van der Waals surface area (Å²) in [6.07, 6.45) is 0.596. The largest absolute Gasteiger partial charge is 0.514 e. The van der Waals surface area contributed by atoms with E-state index < -0.39 is 11.8 Å². The molecule has 1 aromatic carbocycles. The summed E-state index contributed by atoms with van der Waals surface area (Å²) in [5, 5.41) is 0.784. The fourth-order valence-corrected chi connectivity index (χ4v) is 1.62. The van der Waals surface area contributed by atoms with Crippen molar-refractivity contribution in [1.29, 1.82) is 0 Å². The topological polar surface area (TPSA) is 65.7 Å². The lowest BCUT2D eigenvalue weighted by atomic mass is 10.1. The van der Waals surface area contributed by atoms with Crippen LogP contribution in [0.1, 0.15) is 5.56 Å². The minimum absolute atomic E-state index is 0.0700. The molecule has 98 valence electrons. The molecule has 1 heterocycles. The second-order valence-corrected chi connectivity index (χ2v) is 3.86. The molecule has 2 aromatic rings. The van der Waals surface area contributed by atoms with Crippen LogP contribution in [0, 0.1) is 6.92 Å². The molecule has 19 heavy (non-hydrogen) atoms. The maximum atomic E-state index is 11.3. The molecule has 0 N–H and O–H groups in total. The first-order valence-corrected chi connectivity index (χ1v) is 5.60. The molecule has 0 bridgehead atoms. The monoisotopic (exact) mass is 260 g/mol. The molecule has 0 unspecified atom stereocenters. The van der Waals surface area contributed by atoms with Crippen LogP contribution in [0.3, 0.4) is 0 Å². The molecule has 0 spiro atoms. The zero-order chi connectivity index (χ0) is 13.8. The highest BCUT2D eigenvalue weighted by Gasteiger charge is 2.08. The first kappa shape index (κ1) is 12.9. The number of fused-ring (bicyclic) bond motifs is 1. The number of ether oxygens (including phenoxy) is 2. The van der Waals surface area contributed by atoms with E-state index in [0.29, 0.717) is 5.58 Å². The summed E-state index contributed by atoms with van der Waals surface area (Å²) in [4.78, 5) is 22.5. The molecular formula is C14H12O5. The van der Waals surface area contributed by atoms with Crippen LogP contribution in [-0.4, -0.2) is 12.8 Å². The minimum Gasteiger partial charge on any atom is -0.430 e. The van der Waals surface area contributed by atoms with E-state index in [4.69, 9.17) is 9.15 Å². The number of hydrogen-bond acceptors (Lipinski definition) is 5. The van der Waals surface area contributed by atoms with Crippen LogP contribution in [0.25, 0.3) is 11.0 Å². The average Bonchev–Trinajstić information content (AvgIpc) is 2.35. The highest BCUT2D eigenvalue weighted by Crippen LogP contribution is 2.22. The fourth-order valence-electron chi connectivity index (χ4n) is 1.62. The molecule has 0 aliphatic heterocycles. The van der Waals surface area contributed by atoms with Gasteiger partial charge in [-0.15, -0.1) is 0 Å². The lowest BCUT2D eigenvalue weighted by molar-refractivity contribution is 0.109. The normalized spacial score (nSPS) is 10.2. The Morgan fingerprint density at radius 2 is 2.21 bits per heavy atom. The van der Waals surface area contributed by atoms with Gasteiger partial charge < -0.3 is 13.9 Å². The molecule has 2 rings (SSSR count). The van der Waals surface area contributed by atoms with Crippen LogP contribution in [0.5, 0.6) is 5.75 Å². The lowest BCUT2D eigenvalue weighted by Crippen LogP contribution is -2.10. The highest BCUT2D eigenvalue weighted by molar-refractivity contribution is 5.81. The van der Waals surface area contributed by atoms with Crippen LogP contribution < -0.4 is 10.4 Å². The van der Waals surface area contributed by atoms with Crippen LogP contribution >= 0.6 is 0 Å². The third kappa shape index (κ3) is 3.01. The lowest BCUT2D eigenvalue weighted by Gasteiger charge is -2.05. The van der Waals surface area contributed by atoms with Crippen molar-refractivity contribution < 1.29 is 18.7 Å². The van der Waals surface area contributed by atoms with E-state index in [2.05, 4.69) is 11.3 Å². The summed E-state index contributed by atoms with van der Waals surface area (Å²) >= 11 is 0. The van der Waals surface area contributed by atoms with Gasteiger partial charge in [-0.05, 0) is 24.6 Å². The minimum atomic E-state index is -0.839. The molecule has 0 aliphatic rings. The molecular weight excluding hydrogens is 248 g/mol. The molecule has 0 aliphatic carbocycles. The Morgan fingerprint density at radius 1 is 1.42 bits per heavy atom. The van der Waals surface area contributed by atoms with Crippen molar-refractivity contribution in [2.24, 2.45) is 0 Å². The number of carbonyl (C=O) groups is 1. The summed E-state index contributed by atoms with van der Waals surface area (Å²) in [5.74, 6) is 0.246. The van der Waals surface area contributed by atoms with Gasteiger partial charge in [0.25, 0.3) is 0 Å². The molecule has 0 saturated carbocycles. The van der Waals surface area contributed by atoms with Crippen molar-refractivity contribution in [2.45, 2.75) is 6.92 Å². The molecule has 5 heteroatoms. The Bertz CT molecular complexity index is 684. The maximum absolute atomic E-state index is 11.3. The van der Waals surface area contributed by atoms with E-state index in [1.54, 1.807) is 19.1 Å². The standard InChI is InChI=1S/C14H12O5/c1-3-6-17-14(16)18-10-4-5-11-9(2)7-13(15)19-12(11)8-10/h3-5,7-8H,1,6H2,2H3. The molecule has 0 fully saturated rings. The van der Waals surface area contributed by atoms with Crippen molar-refractivity contribution in [3.8, 4) is 5.75 Å². The van der Waals surface area contributed by atoms with Gasteiger partial charge in [-0.1, -0.05) is 12.7 Å². The van der Waals surface area contributed by atoms with E-state index in [0.717, 1.165) is 10.9 Å². The van der Waals surface area contributed by atoms with E-state index in [1.165, 1.54) is 18.2 Å². The van der Waals surface area contributed by atoms with Crippen molar-refractivity contribution in [2.75, 3.05) is 6.61 Å². The van der Waals surface area contributed by atoms with Gasteiger partial charge in [-0.3, -0.25) is 0 Å². The molecule has 0 amide bonds. The molecule has 1 aromatic heterocycles. The van der Waals surface area contributed by atoms with Gasteiger partial charge in [0.2, 0.25) is 0 Å². The first-order valence-electron chi connectivity index (χ1n) is 5.60. The van der Waals surface area contributed by atoms with Gasteiger partial charge in [-0.25, -0.2) is 9.59 Å². The maximum Gasteiger partial charge on any atom is 0.514 e. The van der Waals surface area contributed by atoms with Crippen molar-refractivity contribution in [3.63, 3.8) is 0 Å². The summed E-state index contributed by atoms with van der Waals surface area (Å²) < 4.78 is 14.7. The second kappa shape index (κ2) is 5.39. The van der Waals surface area contributed by atoms with Gasteiger partial charge >= 0.3 is 11.8 Å². The summed E-state index contributed by atoms with van der Waals surface area (Å²) in [6.45, 7) is 5.29.